The van der Waals surface area contributed by atoms with Crippen LogP contribution in [-0.2, 0) is 10.2 Å². The zero-order valence-electron chi connectivity index (χ0n) is 13.2. The van der Waals surface area contributed by atoms with E-state index in [-0.39, 0.29) is 11.0 Å². The summed E-state index contributed by atoms with van der Waals surface area (Å²) in [5.41, 5.74) is 0.961. The molecule has 1 aliphatic heterocycles. The van der Waals surface area contributed by atoms with Crippen molar-refractivity contribution in [2.24, 2.45) is 0 Å². The van der Waals surface area contributed by atoms with Crippen molar-refractivity contribution >= 4 is 5.91 Å². The van der Waals surface area contributed by atoms with Crippen LogP contribution >= 0.6 is 0 Å². The molecule has 0 bridgehead atoms. The second kappa shape index (κ2) is 5.45. The van der Waals surface area contributed by atoms with Crippen molar-refractivity contribution in [2.45, 2.75) is 50.5 Å². The SMILES string of the molecule is CC1(C)CN(C(=O)C2(c3ccccc3)CCCC2)CCN1. The molecular formula is C18H26N2O. The van der Waals surface area contributed by atoms with Crippen molar-refractivity contribution in [1.82, 2.24) is 10.2 Å². The van der Waals surface area contributed by atoms with Gasteiger partial charge in [-0.3, -0.25) is 4.79 Å². The third-order valence-corrected chi connectivity index (χ3v) is 5.05. The first-order valence-electron chi connectivity index (χ1n) is 8.14. The van der Waals surface area contributed by atoms with Crippen LogP contribution in [0.15, 0.2) is 30.3 Å². The average Bonchev–Trinajstić information content (AvgIpc) is 2.97. The quantitative estimate of drug-likeness (QED) is 0.906. The first kappa shape index (κ1) is 14.6. The van der Waals surface area contributed by atoms with Gasteiger partial charge in [-0.25, -0.2) is 0 Å². The molecule has 1 saturated carbocycles. The van der Waals surface area contributed by atoms with Crippen molar-refractivity contribution in [3.8, 4) is 0 Å². The Morgan fingerprint density at radius 3 is 2.43 bits per heavy atom. The normalized spacial score (nSPS) is 24.0. The van der Waals surface area contributed by atoms with E-state index in [0.717, 1.165) is 45.3 Å². The first-order chi connectivity index (χ1) is 10.0. The molecule has 1 aromatic carbocycles. The summed E-state index contributed by atoms with van der Waals surface area (Å²) in [7, 11) is 0. The maximum absolute atomic E-state index is 13.3. The summed E-state index contributed by atoms with van der Waals surface area (Å²) in [6.07, 6.45) is 4.33. The molecule has 0 unspecified atom stereocenters. The number of hydrogen-bond acceptors (Lipinski definition) is 2. The van der Waals surface area contributed by atoms with E-state index in [0.29, 0.717) is 5.91 Å². The maximum Gasteiger partial charge on any atom is 0.233 e. The number of nitrogens with zero attached hydrogens (tertiary/aromatic N) is 1. The Kier molecular flexibility index (Phi) is 3.78. The molecule has 3 heteroatoms. The predicted octanol–water partition coefficient (Wildman–Crippen LogP) is 2.71. The third-order valence-electron chi connectivity index (χ3n) is 5.05. The van der Waals surface area contributed by atoms with E-state index in [1.807, 2.05) is 6.07 Å². The molecule has 2 aliphatic rings. The van der Waals surface area contributed by atoms with Gasteiger partial charge >= 0.3 is 0 Å². The van der Waals surface area contributed by atoms with E-state index in [4.69, 9.17) is 0 Å². The molecular weight excluding hydrogens is 260 g/mol. The van der Waals surface area contributed by atoms with Crippen LogP contribution in [0.4, 0.5) is 0 Å². The van der Waals surface area contributed by atoms with Crippen LogP contribution in [0.1, 0.15) is 45.1 Å². The average molecular weight is 286 g/mol. The van der Waals surface area contributed by atoms with E-state index in [2.05, 4.69) is 48.3 Å². The van der Waals surface area contributed by atoms with Crippen molar-refractivity contribution in [2.75, 3.05) is 19.6 Å². The number of nitrogens with one attached hydrogen (secondary N) is 1. The summed E-state index contributed by atoms with van der Waals surface area (Å²) in [6, 6.07) is 10.4. The van der Waals surface area contributed by atoms with Gasteiger partial charge in [-0.1, -0.05) is 43.2 Å². The van der Waals surface area contributed by atoms with E-state index in [1.165, 1.54) is 5.56 Å². The highest BCUT2D eigenvalue weighted by Crippen LogP contribution is 2.42. The fourth-order valence-electron chi connectivity index (χ4n) is 3.98. The predicted molar refractivity (Wildman–Crippen MR) is 85.2 cm³/mol. The molecule has 0 spiro atoms. The van der Waals surface area contributed by atoms with Gasteiger partial charge in [0.1, 0.15) is 0 Å². The molecule has 0 atom stereocenters. The zero-order chi connectivity index (χ0) is 14.9. The summed E-state index contributed by atoms with van der Waals surface area (Å²) in [5, 5.41) is 3.49. The van der Waals surface area contributed by atoms with Crippen molar-refractivity contribution in [1.29, 1.82) is 0 Å². The largest absolute Gasteiger partial charge is 0.339 e. The Morgan fingerprint density at radius 2 is 1.81 bits per heavy atom. The summed E-state index contributed by atoms with van der Waals surface area (Å²) in [4.78, 5) is 15.4. The molecule has 1 saturated heterocycles. The number of benzene rings is 1. The van der Waals surface area contributed by atoms with E-state index >= 15 is 0 Å². The van der Waals surface area contributed by atoms with Gasteiger partial charge < -0.3 is 10.2 Å². The molecule has 1 heterocycles. The molecule has 21 heavy (non-hydrogen) atoms. The van der Waals surface area contributed by atoms with Gasteiger partial charge in [-0.05, 0) is 32.3 Å². The minimum absolute atomic E-state index is 0.0182. The van der Waals surface area contributed by atoms with Gasteiger partial charge in [0.15, 0.2) is 0 Å². The standard InChI is InChI=1S/C18H26N2O/c1-17(2)14-20(13-12-19-17)16(21)18(10-6-7-11-18)15-8-4-3-5-9-15/h3-5,8-9,19H,6-7,10-14H2,1-2H3. The van der Waals surface area contributed by atoms with Crippen LogP contribution in [-0.4, -0.2) is 36.0 Å². The van der Waals surface area contributed by atoms with Crippen LogP contribution in [0, 0.1) is 0 Å². The second-order valence-corrected chi connectivity index (χ2v) is 7.19. The molecule has 1 aliphatic carbocycles. The summed E-state index contributed by atoms with van der Waals surface area (Å²) >= 11 is 0. The lowest BCUT2D eigenvalue weighted by Gasteiger charge is -2.43. The van der Waals surface area contributed by atoms with Crippen LogP contribution < -0.4 is 5.32 Å². The Morgan fingerprint density at radius 1 is 1.14 bits per heavy atom. The van der Waals surface area contributed by atoms with Crippen LogP contribution in [0.3, 0.4) is 0 Å². The lowest BCUT2D eigenvalue weighted by Crippen LogP contribution is -2.61. The number of carbonyl (C=O) groups excluding carboxylic acids is 1. The minimum atomic E-state index is -0.269. The second-order valence-electron chi connectivity index (χ2n) is 7.19. The minimum Gasteiger partial charge on any atom is -0.339 e. The molecule has 1 N–H and O–H groups in total. The topological polar surface area (TPSA) is 32.3 Å². The number of rotatable bonds is 2. The van der Waals surface area contributed by atoms with E-state index in [9.17, 15) is 4.79 Å². The molecule has 3 rings (SSSR count). The molecule has 1 amide bonds. The fourth-order valence-corrected chi connectivity index (χ4v) is 3.98. The molecule has 0 aromatic heterocycles. The zero-order valence-corrected chi connectivity index (χ0v) is 13.2. The smallest absolute Gasteiger partial charge is 0.233 e. The molecule has 114 valence electrons. The van der Waals surface area contributed by atoms with Gasteiger partial charge in [0, 0.05) is 25.2 Å². The van der Waals surface area contributed by atoms with Gasteiger partial charge in [0.25, 0.3) is 0 Å². The number of piperazine rings is 1. The number of hydrogen-bond donors (Lipinski definition) is 1. The Labute approximate surface area is 127 Å². The van der Waals surface area contributed by atoms with Gasteiger partial charge in [-0.2, -0.15) is 0 Å². The van der Waals surface area contributed by atoms with Gasteiger partial charge in [0.2, 0.25) is 5.91 Å². The van der Waals surface area contributed by atoms with Crippen molar-refractivity contribution in [3.05, 3.63) is 35.9 Å². The van der Waals surface area contributed by atoms with E-state index < -0.39 is 0 Å². The number of carbonyl (C=O) groups is 1. The highest BCUT2D eigenvalue weighted by atomic mass is 16.2. The Balaban J connectivity index is 1.89. The lowest BCUT2D eigenvalue weighted by molar-refractivity contribution is -0.139. The summed E-state index contributed by atoms with van der Waals surface area (Å²) < 4.78 is 0. The first-order valence-corrected chi connectivity index (χ1v) is 8.14. The lowest BCUT2D eigenvalue weighted by atomic mass is 9.77. The monoisotopic (exact) mass is 286 g/mol. The highest BCUT2D eigenvalue weighted by molar-refractivity contribution is 5.89. The van der Waals surface area contributed by atoms with Crippen molar-refractivity contribution < 1.29 is 4.79 Å². The Hall–Kier alpha value is -1.35. The van der Waals surface area contributed by atoms with Gasteiger partial charge in [0.05, 0.1) is 5.41 Å². The third kappa shape index (κ3) is 2.71. The van der Waals surface area contributed by atoms with Gasteiger partial charge in [-0.15, -0.1) is 0 Å². The fraction of sp³-hybridized carbons (Fsp3) is 0.611. The van der Waals surface area contributed by atoms with Crippen LogP contribution in [0.25, 0.3) is 0 Å². The Bertz CT molecular complexity index is 503. The summed E-state index contributed by atoms with van der Waals surface area (Å²) in [6.45, 7) is 6.88. The molecule has 0 radical (unpaired) electrons. The van der Waals surface area contributed by atoms with Crippen molar-refractivity contribution in [3.63, 3.8) is 0 Å². The van der Waals surface area contributed by atoms with E-state index in [1.54, 1.807) is 0 Å². The maximum atomic E-state index is 13.3. The molecule has 2 fully saturated rings. The van der Waals surface area contributed by atoms with Crippen LogP contribution in [0.5, 0.6) is 0 Å². The molecule has 3 nitrogen and oxygen atoms in total. The number of amides is 1. The molecule has 1 aromatic rings. The summed E-state index contributed by atoms with van der Waals surface area (Å²) in [5.74, 6) is 0.348. The van der Waals surface area contributed by atoms with Crippen LogP contribution in [0.2, 0.25) is 0 Å². The highest BCUT2D eigenvalue weighted by Gasteiger charge is 2.46.